The molecule has 0 saturated heterocycles. The van der Waals surface area contributed by atoms with Crippen molar-refractivity contribution in [3.63, 3.8) is 0 Å². The van der Waals surface area contributed by atoms with Crippen LogP contribution in [0.4, 0.5) is 0 Å². The van der Waals surface area contributed by atoms with Crippen molar-refractivity contribution in [1.29, 1.82) is 0 Å². The third-order valence-corrected chi connectivity index (χ3v) is 4.74. The Morgan fingerprint density at radius 3 is 2.55 bits per heavy atom. The minimum absolute atomic E-state index is 0.0509. The van der Waals surface area contributed by atoms with Crippen LogP contribution in [-0.2, 0) is 4.79 Å². The lowest BCUT2D eigenvalue weighted by atomic mass is 9.76. The smallest absolute Gasteiger partial charge is 0.130 e. The first-order valence-corrected chi connectivity index (χ1v) is 7.07. The maximum atomic E-state index is 11.2. The van der Waals surface area contributed by atoms with Crippen molar-refractivity contribution in [2.75, 3.05) is 0 Å². The van der Waals surface area contributed by atoms with Crippen LogP contribution in [0.3, 0.4) is 0 Å². The highest BCUT2D eigenvalue weighted by Crippen LogP contribution is 2.55. The lowest BCUT2D eigenvalue weighted by molar-refractivity contribution is -0.111. The average Bonchev–Trinajstić information content (AvgIpc) is 3.09. The predicted octanol–water partition coefficient (Wildman–Crippen LogP) is 2.06. The summed E-state index contributed by atoms with van der Waals surface area (Å²) in [4.78, 5) is 11.2. The summed E-state index contributed by atoms with van der Waals surface area (Å²) in [7, 11) is 0. The fraction of sp³-hybridized carbons (Fsp3) is 0.600. The molecule has 2 atom stereocenters. The SMILES string of the molecule is Cc1n[nH]c(C)c1C1CC(O)=C(C2(C=O)CC2)C(O)C1. The van der Waals surface area contributed by atoms with Crippen LogP contribution in [0.5, 0.6) is 0 Å². The number of aryl methyl sites for hydroxylation is 2. The number of carbonyl (C=O) groups excluding carboxylic acids is 1. The first-order valence-electron chi connectivity index (χ1n) is 7.07. The zero-order valence-corrected chi connectivity index (χ0v) is 11.8. The molecule has 0 aliphatic heterocycles. The fourth-order valence-electron chi connectivity index (χ4n) is 3.59. The topological polar surface area (TPSA) is 86.2 Å². The van der Waals surface area contributed by atoms with Crippen molar-refractivity contribution >= 4 is 6.29 Å². The van der Waals surface area contributed by atoms with Gasteiger partial charge in [0.05, 0.1) is 23.0 Å². The standard InChI is InChI=1S/C15H20N2O3/c1-8-13(9(2)17-16-8)10-5-11(19)14(12(20)6-10)15(7-18)3-4-15/h7,10-11,19-20H,3-6H2,1-2H3,(H,16,17). The molecule has 1 heterocycles. The average molecular weight is 276 g/mol. The molecule has 5 nitrogen and oxygen atoms in total. The molecular weight excluding hydrogens is 256 g/mol. The van der Waals surface area contributed by atoms with Gasteiger partial charge < -0.3 is 15.0 Å². The monoisotopic (exact) mass is 276 g/mol. The lowest BCUT2D eigenvalue weighted by Gasteiger charge is -2.31. The van der Waals surface area contributed by atoms with E-state index in [9.17, 15) is 15.0 Å². The van der Waals surface area contributed by atoms with E-state index in [0.717, 1.165) is 36.1 Å². The molecule has 2 aliphatic carbocycles. The molecule has 0 radical (unpaired) electrons. The summed E-state index contributed by atoms with van der Waals surface area (Å²) in [6.07, 6.45) is 2.63. The maximum absolute atomic E-state index is 11.2. The highest BCUT2D eigenvalue weighted by atomic mass is 16.3. The van der Waals surface area contributed by atoms with Gasteiger partial charge in [-0.25, -0.2) is 0 Å². The number of H-pyrrole nitrogens is 1. The van der Waals surface area contributed by atoms with E-state index in [4.69, 9.17) is 0 Å². The van der Waals surface area contributed by atoms with Gasteiger partial charge in [-0.2, -0.15) is 5.10 Å². The molecule has 1 aromatic heterocycles. The number of hydrogen-bond donors (Lipinski definition) is 3. The number of aliphatic hydroxyl groups is 2. The second kappa shape index (κ2) is 4.45. The molecule has 2 aliphatic rings. The second-order valence-electron chi connectivity index (χ2n) is 6.13. The molecule has 1 aromatic rings. The molecule has 0 amide bonds. The minimum Gasteiger partial charge on any atom is -0.512 e. The Kier molecular flexibility index (Phi) is 2.97. The molecule has 20 heavy (non-hydrogen) atoms. The number of aliphatic hydroxyl groups excluding tert-OH is 2. The summed E-state index contributed by atoms with van der Waals surface area (Å²) in [5.74, 6) is 0.244. The number of rotatable bonds is 3. The Morgan fingerprint density at radius 2 is 2.10 bits per heavy atom. The van der Waals surface area contributed by atoms with Gasteiger partial charge in [0, 0.05) is 17.7 Å². The molecule has 1 fully saturated rings. The Labute approximate surface area is 117 Å². The van der Waals surface area contributed by atoms with E-state index in [0.29, 0.717) is 18.4 Å². The summed E-state index contributed by atoms with van der Waals surface area (Å²) in [6.45, 7) is 3.88. The largest absolute Gasteiger partial charge is 0.512 e. The summed E-state index contributed by atoms with van der Waals surface area (Å²) in [5.41, 5.74) is 2.93. The van der Waals surface area contributed by atoms with Gasteiger partial charge in [-0.1, -0.05) is 0 Å². The molecule has 3 N–H and O–H groups in total. The van der Waals surface area contributed by atoms with E-state index in [1.54, 1.807) is 0 Å². The van der Waals surface area contributed by atoms with Crippen molar-refractivity contribution in [1.82, 2.24) is 10.2 Å². The van der Waals surface area contributed by atoms with Crippen LogP contribution in [-0.4, -0.2) is 32.8 Å². The fourth-order valence-corrected chi connectivity index (χ4v) is 3.59. The first-order chi connectivity index (χ1) is 9.48. The Balaban J connectivity index is 1.94. The molecule has 0 spiro atoms. The molecule has 0 aromatic carbocycles. The minimum atomic E-state index is -0.741. The number of carbonyl (C=O) groups is 1. The number of nitrogens with zero attached hydrogens (tertiary/aromatic N) is 1. The van der Waals surface area contributed by atoms with Crippen LogP contribution in [0.15, 0.2) is 11.3 Å². The normalized spacial score (nSPS) is 28.6. The third kappa shape index (κ3) is 1.88. The zero-order valence-electron chi connectivity index (χ0n) is 11.8. The van der Waals surface area contributed by atoms with Gasteiger partial charge in [0.2, 0.25) is 0 Å². The highest BCUT2D eigenvalue weighted by molar-refractivity contribution is 5.70. The van der Waals surface area contributed by atoms with Gasteiger partial charge in [0.15, 0.2) is 0 Å². The van der Waals surface area contributed by atoms with Crippen molar-refractivity contribution < 1.29 is 15.0 Å². The Bertz CT molecular complexity index is 564. The van der Waals surface area contributed by atoms with Crippen LogP contribution in [0.2, 0.25) is 0 Å². The van der Waals surface area contributed by atoms with E-state index in [1.807, 2.05) is 13.8 Å². The predicted molar refractivity (Wildman–Crippen MR) is 73.4 cm³/mol. The maximum Gasteiger partial charge on any atom is 0.130 e. The van der Waals surface area contributed by atoms with Gasteiger partial charge in [-0.05, 0) is 44.6 Å². The summed E-state index contributed by atoms with van der Waals surface area (Å²) < 4.78 is 0. The van der Waals surface area contributed by atoms with Crippen LogP contribution in [0, 0.1) is 19.3 Å². The van der Waals surface area contributed by atoms with Crippen LogP contribution in [0.25, 0.3) is 0 Å². The van der Waals surface area contributed by atoms with E-state index in [2.05, 4.69) is 10.2 Å². The molecule has 3 rings (SSSR count). The number of aromatic amines is 1. The van der Waals surface area contributed by atoms with Crippen molar-refractivity contribution in [3.8, 4) is 0 Å². The molecule has 108 valence electrons. The van der Waals surface area contributed by atoms with Gasteiger partial charge in [-0.15, -0.1) is 0 Å². The van der Waals surface area contributed by atoms with E-state index in [1.165, 1.54) is 0 Å². The quantitative estimate of drug-likeness (QED) is 0.737. The van der Waals surface area contributed by atoms with Crippen LogP contribution in [0.1, 0.15) is 48.6 Å². The number of hydrogen-bond acceptors (Lipinski definition) is 4. The molecule has 0 bridgehead atoms. The number of allylic oxidation sites excluding steroid dienone is 1. The van der Waals surface area contributed by atoms with Crippen molar-refractivity contribution in [2.45, 2.75) is 51.6 Å². The van der Waals surface area contributed by atoms with Crippen molar-refractivity contribution in [2.24, 2.45) is 5.41 Å². The van der Waals surface area contributed by atoms with Gasteiger partial charge >= 0.3 is 0 Å². The highest BCUT2D eigenvalue weighted by Gasteiger charge is 2.51. The Morgan fingerprint density at radius 1 is 1.40 bits per heavy atom. The Hall–Kier alpha value is -1.62. The molecular formula is C15H20N2O3. The van der Waals surface area contributed by atoms with E-state index >= 15 is 0 Å². The van der Waals surface area contributed by atoms with Crippen LogP contribution < -0.4 is 0 Å². The van der Waals surface area contributed by atoms with Gasteiger partial charge in [0.1, 0.15) is 6.29 Å². The molecule has 1 saturated carbocycles. The van der Waals surface area contributed by atoms with Crippen LogP contribution >= 0.6 is 0 Å². The first kappa shape index (κ1) is 13.4. The lowest BCUT2D eigenvalue weighted by Crippen LogP contribution is -2.29. The second-order valence-corrected chi connectivity index (χ2v) is 6.13. The summed E-state index contributed by atoms with van der Waals surface area (Å²) >= 11 is 0. The van der Waals surface area contributed by atoms with E-state index < -0.39 is 11.5 Å². The number of aromatic nitrogens is 2. The molecule has 2 unspecified atom stereocenters. The third-order valence-electron chi connectivity index (χ3n) is 4.74. The molecule has 5 heteroatoms. The van der Waals surface area contributed by atoms with E-state index in [-0.39, 0.29) is 11.7 Å². The van der Waals surface area contributed by atoms with Crippen molar-refractivity contribution in [3.05, 3.63) is 28.3 Å². The zero-order chi connectivity index (χ0) is 14.5. The van der Waals surface area contributed by atoms with Gasteiger partial charge in [0.25, 0.3) is 0 Å². The number of nitrogens with one attached hydrogen (secondary N) is 1. The number of aldehydes is 1. The van der Waals surface area contributed by atoms with Gasteiger partial charge in [-0.3, -0.25) is 5.10 Å². The summed E-state index contributed by atoms with van der Waals surface area (Å²) in [6, 6.07) is 0. The summed E-state index contributed by atoms with van der Waals surface area (Å²) in [5, 5.41) is 27.8.